The third-order valence-electron chi connectivity index (χ3n) is 3.26. The molecule has 2 aromatic heterocycles. The van der Waals surface area contributed by atoms with E-state index in [9.17, 15) is 0 Å². The van der Waals surface area contributed by atoms with Gasteiger partial charge in [-0.1, -0.05) is 22.8 Å². The standard InChI is InChI=1S/C14H14Cl2N4O/c1-9-17-12(19-21-9)6-8-20-11-4-2-3-10(16)14(11)18-13(20)5-7-15/h2-4H,5-8H2,1H3. The second-order valence-electron chi connectivity index (χ2n) is 4.71. The molecular weight excluding hydrogens is 311 g/mol. The van der Waals surface area contributed by atoms with Crippen LogP contribution in [0.5, 0.6) is 0 Å². The molecular formula is C14H14Cl2N4O. The minimum Gasteiger partial charge on any atom is -0.340 e. The Balaban J connectivity index is 1.95. The van der Waals surface area contributed by atoms with Crippen LogP contribution in [0.15, 0.2) is 22.7 Å². The third-order valence-corrected chi connectivity index (χ3v) is 3.75. The number of aryl methyl sites for hydroxylation is 4. The summed E-state index contributed by atoms with van der Waals surface area (Å²) in [7, 11) is 0. The van der Waals surface area contributed by atoms with Gasteiger partial charge in [0.1, 0.15) is 11.3 Å². The molecule has 110 valence electrons. The van der Waals surface area contributed by atoms with Gasteiger partial charge in [-0.2, -0.15) is 4.98 Å². The maximum Gasteiger partial charge on any atom is 0.223 e. The molecule has 1 aromatic carbocycles. The first-order valence-electron chi connectivity index (χ1n) is 6.68. The summed E-state index contributed by atoms with van der Waals surface area (Å²) in [5.74, 6) is 2.70. The highest BCUT2D eigenvalue weighted by molar-refractivity contribution is 6.34. The van der Waals surface area contributed by atoms with E-state index < -0.39 is 0 Å². The first-order valence-corrected chi connectivity index (χ1v) is 7.59. The predicted molar refractivity (Wildman–Crippen MR) is 81.9 cm³/mol. The summed E-state index contributed by atoms with van der Waals surface area (Å²) in [4.78, 5) is 8.82. The number of alkyl halides is 1. The molecule has 3 aromatic rings. The number of benzene rings is 1. The van der Waals surface area contributed by atoms with E-state index in [4.69, 9.17) is 27.7 Å². The molecule has 21 heavy (non-hydrogen) atoms. The fourth-order valence-electron chi connectivity index (χ4n) is 2.34. The number of imidazole rings is 1. The van der Waals surface area contributed by atoms with Crippen LogP contribution in [0.25, 0.3) is 11.0 Å². The van der Waals surface area contributed by atoms with Crippen molar-refractivity contribution in [2.75, 3.05) is 5.88 Å². The topological polar surface area (TPSA) is 56.7 Å². The van der Waals surface area contributed by atoms with Crippen molar-refractivity contribution in [3.05, 3.63) is 40.8 Å². The molecule has 0 fully saturated rings. The summed E-state index contributed by atoms with van der Waals surface area (Å²) in [5, 5.41) is 4.57. The number of hydrogen-bond donors (Lipinski definition) is 0. The van der Waals surface area contributed by atoms with Gasteiger partial charge >= 0.3 is 0 Å². The van der Waals surface area contributed by atoms with Crippen molar-refractivity contribution in [3.8, 4) is 0 Å². The molecule has 0 spiro atoms. The maximum absolute atomic E-state index is 6.21. The highest BCUT2D eigenvalue weighted by Gasteiger charge is 2.13. The van der Waals surface area contributed by atoms with Crippen molar-refractivity contribution in [2.45, 2.75) is 26.3 Å². The molecule has 0 N–H and O–H groups in total. The van der Waals surface area contributed by atoms with Gasteiger partial charge in [0.2, 0.25) is 5.89 Å². The SMILES string of the molecule is Cc1nc(CCn2c(CCCl)nc3c(Cl)cccc32)no1. The summed E-state index contributed by atoms with van der Waals surface area (Å²) in [6, 6.07) is 5.77. The van der Waals surface area contributed by atoms with E-state index in [-0.39, 0.29) is 0 Å². The Bertz CT molecular complexity index is 766. The van der Waals surface area contributed by atoms with Crippen LogP contribution in [-0.2, 0) is 19.4 Å². The van der Waals surface area contributed by atoms with Gasteiger partial charge in [-0.25, -0.2) is 4.98 Å². The fraction of sp³-hybridized carbons (Fsp3) is 0.357. The van der Waals surface area contributed by atoms with E-state index in [1.165, 1.54) is 0 Å². The second kappa shape index (κ2) is 6.03. The lowest BCUT2D eigenvalue weighted by Crippen LogP contribution is -2.07. The normalized spacial score (nSPS) is 11.4. The van der Waals surface area contributed by atoms with Crippen LogP contribution < -0.4 is 0 Å². The Labute approximate surface area is 131 Å². The number of para-hydroxylation sites is 1. The van der Waals surface area contributed by atoms with Crippen molar-refractivity contribution in [2.24, 2.45) is 0 Å². The van der Waals surface area contributed by atoms with E-state index in [1.54, 1.807) is 6.92 Å². The summed E-state index contributed by atoms with van der Waals surface area (Å²) >= 11 is 12.1. The van der Waals surface area contributed by atoms with Gasteiger partial charge < -0.3 is 9.09 Å². The van der Waals surface area contributed by atoms with E-state index in [2.05, 4.69) is 19.7 Å². The van der Waals surface area contributed by atoms with E-state index in [1.807, 2.05) is 18.2 Å². The van der Waals surface area contributed by atoms with Crippen molar-refractivity contribution >= 4 is 34.2 Å². The zero-order chi connectivity index (χ0) is 14.8. The van der Waals surface area contributed by atoms with Gasteiger partial charge in [0, 0.05) is 32.2 Å². The summed E-state index contributed by atoms with van der Waals surface area (Å²) < 4.78 is 7.11. The van der Waals surface area contributed by atoms with Crippen molar-refractivity contribution in [3.63, 3.8) is 0 Å². The van der Waals surface area contributed by atoms with Crippen LogP contribution in [0.4, 0.5) is 0 Å². The average molecular weight is 325 g/mol. The monoisotopic (exact) mass is 324 g/mol. The summed E-state index contributed by atoms with van der Waals surface area (Å²) in [6.45, 7) is 2.49. The molecule has 0 aliphatic rings. The Kier molecular flexibility index (Phi) is 4.12. The van der Waals surface area contributed by atoms with Crippen LogP contribution in [0.2, 0.25) is 5.02 Å². The number of fused-ring (bicyclic) bond motifs is 1. The Hall–Kier alpha value is -1.59. The molecule has 0 atom stereocenters. The number of rotatable bonds is 5. The Morgan fingerprint density at radius 2 is 2.10 bits per heavy atom. The lowest BCUT2D eigenvalue weighted by atomic mass is 10.3. The summed E-state index contributed by atoms with van der Waals surface area (Å²) in [6.07, 6.45) is 1.36. The Morgan fingerprint density at radius 3 is 2.81 bits per heavy atom. The van der Waals surface area contributed by atoms with Gasteiger partial charge in [0.25, 0.3) is 0 Å². The highest BCUT2D eigenvalue weighted by Crippen LogP contribution is 2.24. The molecule has 0 unspecified atom stereocenters. The minimum absolute atomic E-state index is 0.516. The molecule has 0 saturated carbocycles. The molecule has 0 saturated heterocycles. The van der Waals surface area contributed by atoms with Crippen LogP contribution in [0, 0.1) is 6.92 Å². The molecule has 0 amide bonds. The quantitative estimate of drug-likeness (QED) is 0.675. The number of halogens is 2. The molecule has 5 nitrogen and oxygen atoms in total. The lowest BCUT2D eigenvalue weighted by molar-refractivity contribution is 0.386. The number of nitrogens with zero attached hydrogens (tertiary/aromatic N) is 4. The van der Waals surface area contributed by atoms with Crippen LogP contribution in [-0.4, -0.2) is 25.6 Å². The zero-order valence-corrected chi connectivity index (χ0v) is 13.0. The summed E-state index contributed by atoms with van der Waals surface area (Å²) in [5.41, 5.74) is 1.81. The van der Waals surface area contributed by atoms with Crippen molar-refractivity contribution < 1.29 is 4.52 Å². The lowest BCUT2D eigenvalue weighted by Gasteiger charge is -2.06. The third kappa shape index (κ3) is 2.89. The van der Waals surface area contributed by atoms with Crippen molar-refractivity contribution in [1.82, 2.24) is 19.7 Å². The van der Waals surface area contributed by atoms with Gasteiger partial charge in [-0.15, -0.1) is 11.6 Å². The van der Waals surface area contributed by atoms with Crippen LogP contribution >= 0.6 is 23.2 Å². The largest absolute Gasteiger partial charge is 0.340 e. The minimum atomic E-state index is 0.516. The van der Waals surface area contributed by atoms with Gasteiger partial charge in [0.15, 0.2) is 5.82 Å². The van der Waals surface area contributed by atoms with Gasteiger partial charge in [-0.05, 0) is 12.1 Å². The van der Waals surface area contributed by atoms with Crippen molar-refractivity contribution in [1.29, 1.82) is 0 Å². The maximum atomic E-state index is 6.21. The molecule has 7 heteroatoms. The average Bonchev–Trinajstić information content (AvgIpc) is 3.02. The zero-order valence-electron chi connectivity index (χ0n) is 11.5. The Morgan fingerprint density at radius 1 is 1.24 bits per heavy atom. The highest BCUT2D eigenvalue weighted by atomic mass is 35.5. The van der Waals surface area contributed by atoms with Gasteiger partial charge in [0.05, 0.1) is 10.5 Å². The number of aromatic nitrogens is 4. The smallest absolute Gasteiger partial charge is 0.223 e. The molecule has 0 radical (unpaired) electrons. The second-order valence-corrected chi connectivity index (χ2v) is 5.49. The first kappa shape index (κ1) is 14.4. The van der Waals surface area contributed by atoms with E-state index in [0.29, 0.717) is 42.0 Å². The molecule has 0 aliphatic heterocycles. The van der Waals surface area contributed by atoms with E-state index >= 15 is 0 Å². The molecule has 0 aliphatic carbocycles. The molecule has 3 rings (SSSR count). The van der Waals surface area contributed by atoms with Gasteiger partial charge in [-0.3, -0.25) is 0 Å². The predicted octanol–water partition coefficient (Wildman–Crippen LogP) is 3.41. The molecule has 2 heterocycles. The van der Waals surface area contributed by atoms with Crippen LogP contribution in [0.1, 0.15) is 17.5 Å². The number of hydrogen-bond acceptors (Lipinski definition) is 4. The molecule has 0 bridgehead atoms. The fourth-order valence-corrected chi connectivity index (χ4v) is 2.72. The van der Waals surface area contributed by atoms with Crippen LogP contribution in [0.3, 0.4) is 0 Å². The van der Waals surface area contributed by atoms with E-state index in [0.717, 1.165) is 16.9 Å². The first-order chi connectivity index (χ1) is 10.2.